The van der Waals surface area contributed by atoms with E-state index in [4.69, 9.17) is 5.84 Å². The number of amides is 1. The van der Waals surface area contributed by atoms with Gasteiger partial charge in [0, 0.05) is 12.1 Å². The zero-order chi connectivity index (χ0) is 14.7. The maximum absolute atomic E-state index is 12.1. The number of aryl methyl sites for hydroxylation is 1. The van der Waals surface area contributed by atoms with Gasteiger partial charge in [0.15, 0.2) is 0 Å². The fourth-order valence-electron chi connectivity index (χ4n) is 1.47. The second kappa shape index (κ2) is 5.59. The molecule has 0 aliphatic rings. The normalized spacial score (nSPS) is 10.1. The lowest BCUT2D eigenvalue weighted by Gasteiger charge is -2.07. The van der Waals surface area contributed by atoms with E-state index in [0.29, 0.717) is 10.1 Å². The Morgan fingerprint density at radius 2 is 2.20 bits per heavy atom. The summed E-state index contributed by atoms with van der Waals surface area (Å²) in [5.41, 5.74) is 2.43. The lowest BCUT2D eigenvalue weighted by molar-refractivity contribution is -0.384. The summed E-state index contributed by atoms with van der Waals surface area (Å²) in [7, 11) is 0. The van der Waals surface area contributed by atoms with Crippen LogP contribution in [0.5, 0.6) is 0 Å². The van der Waals surface area contributed by atoms with Crippen molar-refractivity contribution in [1.82, 2.24) is 10.2 Å². The highest BCUT2D eigenvalue weighted by atomic mass is 32.1. The number of hydrogen-bond donors (Lipinski definition) is 3. The van der Waals surface area contributed by atoms with Crippen LogP contribution in [0, 0.1) is 17.0 Å². The Balaban J connectivity index is 2.32. The number of nitrogens with two attached hydrogens (primary N) is 1. The predicted octanol–water partition coefficient (Wildman–Crippen LogP) is 1.29. The van der Waals surface area contributed by atoms with Crippen molar-refractivity contribution >= 4 is 33.8 Å². The molecule has 0 unspecified atom stereocenters. The van der Waals surface area contributed by atoms with E-state index in [0.717, 1.165) is 6.07 Å². The zero-order valence-electron chi connectivity index (χ0n) is 10.3. The van der Waals surface area contributed by atoms with Crippen LogP contribution >= 0.6 is 11.3 Å². The Hall–Kier alpha value is -2.59. The molecule has 9 nitrogen and oxygen atoms in total. The van der Waals surface area contributed by atoms with Gasteiger partial charge in [0.05, 0.1) is 16.2 Å². The van der Waals surface area contributed by atoms with Crippen LogP contribution in [0.3, 0.4) is 0 Å². The number of nitrogens with one attached hydrogen (secondary N) is 2. The van der Waals surface area contributed by atoms with Crippen molar-refractivity contribution in [3.8, 4) is 0 Å². The molecular formula is C10H10N6O3S. The average molecular weight is 294 g/mol. The van der Waals surface area contributed by atoms with Gasteiger partial charge in [-0.05, 0) is 13.0 Å². The summed E-state index contributed by atoms with van der Waals surface area (Å²) >= 11 is 1.19. The van der Waals surface area contributed by atoms with E-state index in [1.807, 2.05) is 0 Å². The van der Waals surface area contributed by atoms with E-state index in [9.17, 15) is 14.9 Å². The van der Waals surface area contributed by atoms with Gasteiger partial charge in [-0.1, -0.05) is 11.3 Å². The van der Waals surface area contributed by atoms with Gasteiger partial charge in [0.1, 0.15) is 5.01 Å². The van der Waals surface area contributed by atoms with Crippen molar-refractivity contribution in [1.29, 1.82) is 0 Å². The van der Waals surface area contributed by atoms with Gasteiger partial charge in [0.25, 0.3) is 11.6 Å². The van der Waals surface area contributed by atoms with Crippen LogP contribution in [-0.2, 0) is 0 Å². The highest BCUT2D eigenvalue weighted by Gasteiger charge is 2.17. The van der Waals surface area contributed by atoms with Crippen LogP contribution in [0.2, 0.25) is 0 Å². The minimum absolute atomic E-state index is 0.0505. The number of rotatable bonds is 4. The number of non-ortho nitro benzene ring substituents is 1. The lowest BCUT2D eigenvalue weighted by Crippen LogP contribution is -2.17. The lowest BCUT2D eigenvalue weighted by atomic mass is 10.1. The fraction of sp³-hybridized carbons (Fsp3) is 0.100. The van der Waals surface area contributed by atoms with E-state index >= 15 is 0 Å². The maximum Gasteiger partial charge on any atom is 0.270 e. The highest BCUT2D eigenvalue weighted by molar-refractivity contribution is 7.15. The van der Waals surface area contributed by atoms with Crippen molar-refractivity contribution in [2.75, 3.05) is 10.7 Å². The van der Waals surface area contributed by atoms with Crippen molar-refractivity contribution < 1.29 is 9.72 Å². The molecular weight excluding hydrogens is 284 g/mol. The van der Waals surface area contributed by atoms with E-state index in [-0.39, 0.29) is 16.9 Å². The van der Waals surface area contributed by atoms with E-state index < -0.39 is 10.8 Å². The number of anilines is 2. The largest absolute Gasteiger partial charge is 0.323 e. The number of carbonyl (C=O) groups is 1. The molecule has 104 valence electrons. The predicted molar refractivity (Wildman–Crippen MR) is 73.5 cm³/mol. The van der Waals surface area contributed by atoms with Crippen molar-refractivity contribution in [3.63, 3.8) is 0 Å². The second-order valence-corrected chi connectivity index (χ2v) is 4.89. The summed E-state index contributed by atoms with van der Waals surface area (Å²) in [5, 5.41) is 21.7. The first-order chi connectivity index (χ1) is 9.51. The molecule has 10 heteroatoms. The molecule has 2 aromatic rings. The van der Waals surface area contributed by atoms with Gasteiger partial charge < -0.3 is 5.43 Å². The Morgan fingerprint density at radius 1 is 1.45 bits per heavy atom. The van der Waals surface area contributed by atoms with Crippen LogP contribution in [-0.4, -0.2) is 21.0 Å². The summed E-state index contributed by atoms with van der Waals surface area (Å²) in [6, 6.07) is 3.75. The third kappa shape index (κ3) is 2.87. The first-order valence-corrected chi connectivity index (χ1v) is 6.19. The molecule has 0 radical (unpaired) electrons. The van der Waals surface area contributed by atoms with Gasteiger partial charge >= 0.3 is 0 Å². The molecule has 0 spiro atoms. The molecule has 1 aromatic carbocycles. The molecule has 0 atom stereocenters. The fourth-order valence-corrected chi connectivity index (χ4v) is 2.06. The van der Waals surface area contributed by atoms with Crippen molar-refractivity contribution in [2.24, 2.45) is 5.84 Å². The monoisotopic (exact) mass is 294 g/mol. The highest BCUT2D eigenvalue weighted by Crippen LogP contribution is 2.23. The van der Waals surface area contributed by atoms with Gasteiger partial charge in [-0.25, -0.2) is 0 Å². The number of nitro groups is 1. The van der Waals surface area contributed by atoms with Crippen LogP contribution < -0.4 is 16.6 Å². The summed E-state index contributed by atoms with van der Waals surface area (Å²) in [5.74, 6) is 4.73. The molecule has 4 N–H and O–H groups in total. The van der Waals surface area contributed by atoms with Crippen LogP contribution in [0.15, 0.2) is 18.2 Å². The number of aromatic nitrogens is 2. The maximum atomic E-state index is 12.1. The molecule has 1 aromatic heterocycles. The van der Waals surface area contributed by atoms with Gasteiger partial charge in [-0.2, -0.15) is 0 Å². The minimum atomic E-state index is -0.591. The molecule has 1 amide bonds. The molecule has 0 saturated heterocycles. The number of nitro benzene ring substituents is 1. The number of carbonyl (C=O) groups excluding carboxylic acids is 1. The molecule has 0 saturated carbocycles. The van der Waals surface area contributed by atoms with E-state index in [2.05, 4.69) is 20.9 Å². The Labute approximate surface area is 116 Å². The number of nitrogen functional groups attached to an aromatic ring is 1. The topological polar surface area (TPSA) is 136 Å². The minimum Gasteiger partial charge on any atom is -0.323 e. The quantitative estimate of drug-likeness (QED) is 0.439. The Morgan fingerprint density at radius 3 is 2.75 bits per heavy atom. The first-order valence-electron chi connectivity index (χ1n) is 5.38. The Kier molecular flexibility index (Phi) is 3.86. The molecule has 20 heavy (non-hydrogen) atoms. The van der Waals surface area contributed by atoms with Crippen molar-refractivity contribution in [3.05, 3.63) is 38.9 Å². The smallest absolute Gasteiger partial charge is 0.270 e. The third-order valence-corrected chi connectivity index (χ3v) is 3.11. The zero-order valence-corrected chi connectivity index (χ0v) is 11.1. The molecule has 2 rings (SSSR count). The van der Waals surface area contributed by atoms with Gasteiger partial charge in [0.2, 0.25) is 5.13 Å². The molecule has 0 fully saturated rings. The molecule has 0 aliphatic carbocycles. The number of nitrogens with zero attached hydrogens (tertiary/aromatic N) is 3. The average Bonchev–Trinajstić information content (AvgIpc) is 2.83. The SMILES string of the molecule is Cc1nnc(NC(=O)c2cc([N+](=O)[O-])ccc2NN)s1. The third-order valence-electron chi connectivity index (χ3n) is 2.36. The Bertz CT molecular complexity index is 671. The van der Waals surface area contributed by atoms with E-state index in [1.165, 1.54) is 23.5 Å². The van der Waals surface area contributed by atoms with Crippen molar-refractivity contribution in [2.45, 2.75) is 6.92 Å². The summed E-state index contributed by atoms with van der Waals surface area (Å²) in [6.45, 7) is 1.74. The standard InChI is InChI=1S/C10H10N6O3S/c1-5-14-15-10(20-5)12-9(17)7-4-6(16(18)19)2-3-8(7)13-11/h2-4,13H,11H2,1H3,(H,12,15,17). The summed E-state index contributed by atoms with van der Waals surface area (Å²) in [4.78, 5) is 22.2. The molecule has 0 aliphatic heterocycles. The first kappa shape index (κ1) is 13.8. The molecule has 1 heterocycles. The summed E-state index contributed by atoms with van der Waals surface area (Å²) in [6.07, 6.45) is 0. The van der Waals surface area contributed by atoms with Crippen LogP contribution in [0.1, 0.15) is 15.4 Å². The number of benzene rings is 1. The van der Waals surface area contributed by atoms with Crippen LogP contribution in [0.4, 0.5) is 16.5 Å². The van der Waals surface area contributed by atoms with Gasteiger partial charge in [-0.15, -0.1) is 10.2 Å². The van der Waals surface area contributed by atoms with E-state index in [1.54, 1.807) is 6.92 Å². The summed E-state index contributed by atoms with van der Waals surface area (Å²) < 4.78 is 0. The molecule has 0 bridgehead atoms. The number of hydrazine groups is 1. The van der Waals surface area contributed by atoms with Crippen LogP contribution in [0.25, 0.3) is 0 Å². The number of hydrogen-bond acceptors (Lipinski definition) is 8. The van der Waals surface area contributed by atoms with Gasteiger partial charge in [-0.3, -0.25) is 26.1 Å². The second-order valence-electron chi connectivity index (χ2n) is 3.71.